The van der Waals surface area contributed by atoms with E-state index in [2.05, 4.69) is 40.9 Å². The monoisotopic (exact) mass is 466 g/mol. The lowest BCUT2D eigenvalue weighted by molar-refractivity contribution is 0.122. The van der Waals surface area contributed by atoms with E-state index in [-0.39, 0.29) is 5.95 Å². The van der Waals surface area contributed by atoms with E-state index in [0.29, 0.717) is 53.9 Å². The van der Waals surface area contributed by atoms with Gasteiger partial charge in [0.2, 0.25) is 17.8 Å². The molecule has 4 rings (SSSR count). The smallest absolute Gasteiger partial charge is 0.337 e. The lowest BCUT2D eigenvalue weighted by Gasteiger charge is -2.30. The van der Waals surface area contributed by atoms with E-state index in [1.807, 2.05) is 0 Å². The van der Waals surface area contributed by atoms with Crippen LogP contribution in [0, 0.1) is 0 Å². The zero-order valence-corrected chi connectivity index (χ0v) is 18.4. The molecule has 0 aliphatic carbocycles. The van der Waals surface area contributed by atoms with Crippen molar-refractivity contribution in [1.82, 2.24) is 20.4 Å². The molecule has 2 aliphatic rings. The largest absolute Gasteiger partial charge is 0.378 e. The van der Waals surface area contributed by atoms with Gasteiger partial charge in [0.15, 0.2) is 0 Å². The maximum absolute atomic E-state index is 12.3. The number of carbonyl (C=O) groups excluding carboxylic acids is 1. The standard InChI is InChI=1S/C19H24Cl2N8O2/c20-14-5-4-13(12-15(14)21)22-19(30)27-26-16-23-17(28-6-2-1-3-7-28)25-18(24-16)29-8-10-31-11-9-29/h4-5,12H,1-3,6-11H2,(H2,22,27,30)(H,23,24,25,26). The van der Waals surface area contributed by atoms with Crippen LogP contribution in [0.1, 0.15) is 19.3 Å². The fraction of sp³-hybridized carbons (Fsp3) is 0.474. The molecule has 1 aromatic heterocycles. The zero-order valence-electron chi connectivity index (χ0n) is 16.9. The number of halogens is 2. The van der Waals surface area contributed by atoms with Gasteiger partial charge in [0.05, 0.1) is 23.3 Å². The molecule has 1 aromatic carbocycles. The number of carbonyl (C=O) groups is 1. The maximum atomic E-state index is 12.3. The number of aromatic nitrogens is 3. The number of urea groups is 1. The summed E-state index contributed by atoms with van der Waals surface area (Å²) in [5.74, 6) is 1.43. The fourth-order valence-electron chi connectivity index (χ4n) is 3.40. The predicted molar refractivity (Wildman–Crippen MR) is 121 cm³/mol. The molecule has 2 fully saturated rings. The Bertz CT molecular complexity index is 884. The summed E-state index contributed by atoms with van der Waals surface area (Å²) in [7, 11) is 0. The van der Waals surface area contributed by atoms with Crippen LogP contribution in [0.5, 0.6) is 0 Å². The Morgan fingerprint density at radius 3 is 2.26 bits per heavy atom. The molecule has 0 saturated carbocycles. The second kappa shape index (κ2) is 10.2. The van der Waals surface area contributed by atoms with Crippen molar-refractivity contribution in [2.45, 2.75) is 19.3 Å². The van der Waals surface area contributed by atoms with Gasteiger partial charge in [-0.3, -0.25) is 5.43 Å². The van der Waals surface area contributed by atoms with Gasteiger partial charge < -0.3 is 19.9 Å². The van der Waals surface area contributed by atoms with Crippen LogP contribution in [0.2, 0.25) is 10.0 Å². The predicted octanol–water partition coefficient (Wildman–Crippen LogP) is 3.15. The highest BCUT2D eigenvalue weighted by molar-refractivity contribution is 6.42. The first-order chi connectivity index (χ1) is 15.1. The number of anilines is 4. The first kappa shape index (κ1) is 21.7. The molecule has 2 aromatic rings. The number of hydrazine groups is 1. The molecule has 0 bridgehead atoms. The van der Waals surface area contributed by atoms with Crippen molar-refractivity contribution < 1.29 is 9.53 Å². The van der Waals surface area contributed by atoms with E-state index < -0.39 is 6.03 Å². The van der Waals surface area contributed by atoms with Gasteiger partial charge in [-0.05, 0) is 37.5 Å². The maximum Gasteiger partial charge on any atom is 0.337 e. The number of benzene rings is 1. The summed E-state index contributed by atoms with van der Waals surface area (Å²) in [6, 6.07) is 4.34. The average molecular weight is 467 g/mol. The summed E-state index contributed by atoms with van der Waals surface area (Å²) < 4.78 is 5.43. The lowest BCUT2D eigenvalue weighted by atomic mass is 10.1. The molecule has 0 unspecified atom stereocenters. The Kier molecular flexibility index (Phi) is 7.10. The van der Waals surface area contributed by atoms with Gasteiger partial charge in [0.25, 0.3) is 0 Å². The number of morpholine rings is 1. The molecule has 3 N–H and O–H groups in total. The van der Waals surface area contributed by atoms with E-state index in [4.69, 9.17) is 27.9 Å². The van der Waals surface area contributed by atoms with E-state index in [1.54, 1.807) is 18.2 Å². The lowest BCUT2D eigenvalue weighted by Crippen LogP contribution is -2.39. The number of ether oxygens (including phenoxy) is 1. The molecule has 0 radical (unpaired) electrons. The van der Waals surface area contributed by atoms with Crippen molar-refractivity contribution in [3.8, 4) is 0 Å². The molecule has 31 heavy (non-hydrogen) atoms. The zero-order chi connectivity index (χ0) is 21.6. The number of nitrogens with one attached hydrogen (secondary N) is 3. The van der Waals surface area contributed by atoms with Crippen molar-refractivity contribution in [3.05, 3.63) is 28.2 Å². The Balaban J connectivity index is 1.46. The quantitative estimate of drug-likeness (QED) is 0.576. The van der Waals surface area contributed by atoms with Crippen molar-refractivity contribution in [2.75, 3.05) is 59.9 Å². The van der Waals surface area contributed by atoms with Gasteiger partial charge in [-0.2, -0.15) is 15.0 Å². The number of nitrogens with zero attached hydrogens (tertiary/aromatic N) is 5. The summed E-state index contributed by atoms with van der Waals surface area (Å²) in [5, 5.41) is 3.44. The highest BCUT2D eigenvalue weighted by atomic mass is 35.5. The highest BCUT2D eigenvalue weighted by Gasteiger charge is 2.20. The number of hydrogen-bond acceptors (Lipinski definition) is 8. The van der Waals surface area contributed by atoms with Crippen molar-refractivity contribution in [3.63, 3.8) is 0 Å². The van der Waals surface area contributed by atoms with Crippen LogP contribution >= 0.6 is 23.2 Å². The Morgan fingerprint density at radius 1 is 0.903 bits per heavy atom. The van der Waals surface area contributed by atoms with Gasteiger partial charge >= 0.3 is 6.03 Å². The summed E-state index contributed by atoms with van der Waals surface area (Å²) >= 11 is 11.9. The normalized spacial score (nSPS) is 16.7. The van der Waals surface area contributed by atoms with Gasteiger partial charge in [0.1, 0.15) is 0 Å². The number of rotatable bonds is 5. The van der Waals surface area contributed by atoms with E-state index >= 15 is 0 Å². The summed E-state index contributed by atoms with van der Waals surface area (Å²) in [5.41, 5.74) is 5.84. The summed E-state index contributed by atoms with van der Waals surface area (Å²) in [6.45, 7) is 4.45. The Morgan fingerprint density at radius 2 is 1.58 bits per heavy atom. The molecule has 10 nitrogen and oxygen atoms in total. The van der Waals surface area contributed by atoms with Crippen LogP contribution in [0.4, 0.5) is 28.3 Å². The van der Waals surface area contributed by atoms with Gasteiger partial charge in [0, 0.05) is 31.9 Å². The fourth-order valence-corrected chi connectivity index (χ4v) is 3.70. The minimum Gasteiger partial charge on any atom is -0.378 e. The second-order valence-corrected chi connectivity index (χ2v) is 8.05. The van der Waals surface area contributed by atoms with E-state index in [0.717, 1.165) is 25.9 Å². The van der Waals surface area contributed by atoms with Crippen LogP contribution in [-0.4, -0.2) is 60.4 Å². The number of amides is 2. The molecule has 2 aliphatic heterocycles. The summed E-state index contributed by atoms with van der Waals surface area (Å²) in [6.07, 6.45) is 3.41. The van der Waals surface area contributed by atoms with Crippen molar-refractivity contribution in [1.29, 1.82) is 0 Å². The third-order valence-corrected chi connectivity index (χ3v) is 5.75. The second-order valence-electron chi connectivity index (χ2n) is 7.24. The third-order valence-electron chi connectivity index (χ3n) is 5.01. The van der Waals surface area contributed by atoms with Crippen LogP contribution < -0.4 is 26.0 Å². The number of hydrogen-bond donors (Lipinski definition) is 3. The van der Waals surface area contributed by atoms with Crippen LogP contribution in [0.25, 0.3) is 0 Å². The Labute approximate surface area is 190 Å². The molecule has 2 saturated heterocycles. The third kappa shape index (κ3) is 5.78. The topological polar surface area (TPSA) is 108 Å². The molecule has 0 atom stereocenters. The van der Waals surface area contributed by atoms with Crippen molar-refractivity contribution >= 4 is 52.8 Å². The molecular formula is C19H24Cl2N8O2. The first-order valence-corrected chi connectivity index (χ1v) is 11.0. The molecule has 2 amide bonds. The van der Waals surface area contributed by atoms with Gasteiger partial charge in [-0.25, -0.2) is 10.2 Å². The SMILES string of the molecule is O=C(NNc1nc(N2CCCCC2)nc(N2CCOCC2)n1)Nc1ccc(Cl)c(Cl)c1. The summed E-state index contributed by atoms with van der Waals surface area (Å²) in [4.78, 5) is 30.2. The van der Waals surface area contributed by atoms with Crippen molar-refractivity contribution in [2.24, 2.45) is 0 Å². The minimum atomic E-state index is -0.494. The van der Waals surface area contributed by atoms with Crippen LogP contribution in [-0.2, 0) is 4.74 Å². The first-order valence-electron chi connectivity index (χ1n) is 10.2. The van der Waals surface area contributed by atoms with Gasteiger partial charge in [-0.1, -0.05) is 23.2 Å². The highest BCUT2D eigenvalue weighted by Crippen LogP contribution is 2.25. The van der Waals surface area contributed by atoms with Crippen LogP contribution in [0.3, 0.4) is 0 Å². The molecule has 0 spiro atoms. The molecule has 12 heteroatoms. The Hall–Kier alpha value is -2.56. The van der Waals surface area contributed by atoms with Gasteiger partial charge in [-0.15, -0.1) is 0 Å². The van der Waals surface area contributed by atoms with Crippen LogP contribution in [0.15, 0.2) is 18.2 Å². The average Bonchev–Trinajstić information content (AvgIpc) is 2.81. The minimum absolute atomic E-state index is 0.265. The molecule has 3 heterocycles. The van der Waals surface area contributed by atoms with E-state index in [9.17, 15) is 4.79 Å². The number of piperidine rings is 1. The van der Waals surface area contributed by atoms with E-state index in [1.165, 1.54) is 6.42 Å². The molecular weight excluding hydrogens is 443 g/mol. The molecule has 166 valence electrons.